The number of ether oxygens (including phenoxy) is 2. The summed E-state index contributed by atoms with van der Waals surface area (Å²) in [6.07, 6.45) is 3.22. The van der Waals surface area contributed by atoms with Crippen molar-refractivity contribution >= 4 is 0 Å². The van der Waals surface area contributed by atoms with Crippen molar-refractivity contribution in [2.75, 3.05) is 14.2 Å². The minimum Gasteiger partial charge on any atom is -0.481 e. The third-order valence-electron chi connectivity index (χ3n) is 2.48. The molecular weight excluding hydrogens is 230 g/mol. The molecule has 0 radical (unpaired) electrons. The van der Waals surface area contributed by atoms with Gasteiger partial charge in [0.25, 0.3) is 0 Å². The van der Waals surface area contributed by atoms with Gasteiger partial charge in [-0.05, 0) is 18.2 Å². The van der Waals surface area contributed by atoms with Crippen LogP contribution >= 0.6 is 0 Å². The Bertz CT molecular complexity index is 605. The molecule has 0 aliphatic rings. The summed E-state index contributed by atoms with van der Waals surface area (Å²) in [6, 6.07) is 7.45. The normalized spacial score (nSPS) is 9.61. The molecule has 2 rings (SSSR count). The Morgan fingerprint density at radius 1 is 1.00 bits per heavy atom. The second-order valence-corrected chi connectivity index (χ2v) is 3.41. The van der Waals surface area contributed by atoms with Crippen molar-refractivity contribution in [1.82, 2.24) is 9.97 Å². The van der Waals surface area contributed by atoms with Crippen molar-refractivity contribution in [1.29, 1.82) is 5.26 Å². The fraction of sp³-hybridized carbons (Fsp3) is 0.154. The van der Waals surface area contributed by atoms with E-state index >= 15 is 0 Å². The largest absolute Gasteiger partial charge is 0.481 e. The lowest BCUT2D eigenvalue weighted by atomic mass is 10.0. The number of aromatic nitrogens is 2. The SMILES string of the molecule is COc1ncccc1-c1ccnc(OC)c1C#N. The molecule has 0 N–H and O–H groups in total. The van der Waals surface area contributed by atoms with Crippen LogP contribution < -0.4 is 9.47 Å². The number of hydrogen-bond acceptors (Lipinski definition) is 5. The lowest BCUT2D eigenvalue weighted by Crippen LogP contribution is -1.97. The predicted octanol–water partition coefficient (Wildman–Crippen LogP) is 2.03. The van der Waals surface area contributed by atoms with E-state index in [4.69, 9.17) is 9.47 Å². The fourth-order valence-corrected chi connectivity index (χ4v) is 1.69. The first-order chi connectivity index (χ1) is 8.81. The number of pyridine rings is 2. The first-order valence-corrected chi connectivity index (χ1v) is 5.24. The standard InChI is InChI=1S/C13H11N3O2/c1-17-12-10(4-3-6-15-12)9-5-7-16-13(18-2)11(9)8-14/h3-7H,1-2H3. The third kappa shape index (κ3) is 1.96. The van der Waals surface area contributed by atoms with Gasteiger partial charge in [0, 0.05) is 23.5 Å². The maximum absolute atomic E-state index is 9.22. The summed E-state index contributed by atoms with van der Waals surface area (Å²) >= 11 is 0. The van der Waals surface area contributed by atoms with Crippen molar-refractivity contribution in [3.63, 3.8) is 0 Å². The van der Waals surface area contributed by atoms with Crippen LogP contribution in [0.3, 0.4) is 0 Å². The summed E-state index contributed by atoms with van der Waals surface area (Å²) in [5.41, 5.74) is 1.79. The van der Waals surface area contributed by atoms with E-state index in [1.165, 1.54) is 14.2 Å². The molecule has 18 heavy (non-hydrogen) atoms. The molecule has 0 unspecified atom stereocenters. The van der Waals surface area contributed by atoms with Crippen LogP contribution in [0.15, 0.2) is 30.6 Å². The number of methoxy groups -OCH3 is 2. The van der Waals surface area contributed by atoms with Gasteiger partial charge in [0.2, 0.25) is 11.8 Å². The zero-order valence-electron chi connectivity index (χ0n) is 10.0. The maximum atomic E-state index is 9.22. The Hall–Kier alpha value is -2.61. The Balaban J connectivity index is 2.68. The van der Waals surface area contributed by atoms with Gasteiger partial charge in [-0.15, -0.1) is 0 Å². The van der Waals surface area contributed by atoms with Crippen LogP contribution in [0.2, 0.25) is 0 Å². The van der Waals surface area contributed by atoms with Crippen LogP contribution in [0.5, 0.6) is 11.8 Å². The Labute approximate surface area is 105 Å². The third-order valence-corrected chi connectivity index (χ3v) is 2.48. The summed E-state index contributed by atoms with van der Waals surface area (Å²) < 4.78 is 10.3. The minimum atomic E-state index is 0.293. The molecule has 2 heterocycles. The quantitative estimate of drug-likeness (QED) is 0.822. The van der Waals surface area contributed by atoms with Gasteiger partial charge in [0.1, 0.15) is 11.6 Å². The van der Waals surface area contributed by atoms with Crippen LogP contribution in [0.4, 0.5) is 0 Å². The molecule has 0 aliphatic carbocycles. The molecule has 0 aliphatic heterocycles. The molecule has 2 aromatic heterocycles. The topological polar surface area (TPSA) is 68.0 Å². The van der Waals surface area contributed by atoms with E-state index in [2.05, 4.69) is 16.0 Å². The smallest absolute Gasteiger partial charge is 0.232 e. The van der Waals surface area contributed by atoms with E-state index in [0.29, 0.717) is 22.9 Å². The molecule has 0 amide bonds. The molecular formula is C13H11N3O2. The molecule has 0 spiro atoms. The summed E-state index contributed by atoms with van der Waals surface area (Å²) in [4.78, 5) is 8.12. The molecule has 0 aromatic carbocycles. The Kier molecular flexibility index (Phi) is 3.39. The van der Waals surface area contributed by atoms with Gasteiger partial charge in [-0.2, -0.15) is 5.26 Å². The zero-order valence-corrected chi connectivity index (χ0v) is 10.0. The van der Waals surface area contributed by atoms with Crippen LogP contribution in [0.25, 0.3) is 11.1 Å². The van der Waals surface area contributed by atoms with Crippen LogP contribution in [0, 0.1) is 11.3 Å². The monoisotopic (exact) mass is 241 g/mol. The van der Waals surface area contributed by atoms with Gasteiger partial charge in [-0.1, -0.05) is 0 Å². The highest BCUT2D eigenvalue weighted by atomic mass is 16.5. The second-order valence-electron chi connectivity index (χ2n) is 3.41. The van der Waals surface area contributed by atoms with E-state index in [1.54, 1.807) is 24.5 Å². The highest BCUT2D eigenvalue weighted by molar-refractivity contribution is 5.75. The Morgan fingerprint density at radius 3 is 2.39 bits per heavy atom. The van der Waals surface area contributed by atoms with Crippen molar-refractivity contribution in [3.05, 3.63) is 36.2 Å². The maximum Gasteiger partial charge on any atom is 0.232 e. The van der Waals surface area contributed by atoms with Gasteiger partial charge in [0.15, 0.2) is 0 Å². The number of nitrogens with zero attached hydrogens (tertiary/aromatic N) is 3. The first kappa shape index (κ1) is 11.9. The van der Waals surface area contributed by atoms with E-state index in [9.17, 15) is 5.26 Å². The van der Waals surface area contributed by atoms with Crippen molar-refractivity contribution in [3.8, 4) is 29.0 Å². The van der Waals surface area contributed by atoms with Gasteiger partial charge >= 0.3 is 0 Å². The fourth-order valence-electron chi connectivity index (χ4n) is 1.69. The van der Waals surface area contributed by atoms with Crippen molar-refractivity contribution < 1.29 is 9.47 Å². The average Bonchev–Trinajstić information content (AvgIpc) is 2.46. The first-order valence-electron chi connectivity index (χ1n) is 5.24. The molecule has 5 nitrogen and oxygen atoms in total. The van der Waals surface area contributed by atoms with Crippen LogP contribution in [-0.4, -0.2) is 24.2 Å². The molecule has 5 heteroatoms. The number of rotatable bonds is 3. The van der Waals surface area contributed by atoms with Crippen molar-refractivity contribution in [2.45, 2.75) is 0 Å². The van der Waals surface area contributed by atoms with E-state index in [-0.39, 0.29) is 0 Å². The highest BCUT2D eigenvalue weighted by Gasteiger charge is 2.15. The summed E-state index contributed by atoms with van der Waals surface area (Å²) in [5, 5.41) is 9.22. The van der Waals surface area contributed by atoms with Crippen LogP contribution in [0.1, 0.15) is 5.56 Å². The molecule has 0 saturated heterocycles. The van der Waals surface area contributed by atoms with Gasteiger partial charge in [0.05, 0.1) is 14.2 Å². The molecule has 2 aromatic rings. The van der Waals surface area contributed by atoms with Crippen LogP contribution in [-0.2, 0) is 0 Å². The van der Waals surface area contributed by atoms with Gasteiger partial charge in [-0.25, -0.2) is 9.97 Å². The van der Waals surface area contributed by atoms with Gasteiger partial charge < -0.3 is 9.47 Å². The molecule has 90 valence electrons. The molecule has 0 atom stereocenters. The summed E-state index contributed by atoms with van der Waals surface area (Å²) in [7, 11) is 3.02. The summed E-state index contributed by atoms with van der Waals surface area (Å²) in [6.45, 7) is 0. The number of nitriles is 1. The van der Waals surface area contributed by atoms with E-state index < -0.39 is 0 Å². The molecule has 0 fully saturated rings. The predicted molar refractivity (Wildman–Crippen MR) is 65.3 cm³/mol. The Morgan fingerprint density at radius 2 is 1.72 bits per heavy atom. The van der Waals surface area contributed by atoms with Gasteiger partial charge in [-0.3, -0.25) is 0 Å². The molecule has 0 saturated carbocycles. The lowest BCUT2D eigenvalue weighted by molar-refractivity contribution is 0.395. The zero-order chi connectivity index (χ0) is 13.0. The number of hydrogen-bond donors (Lipinski definition) is 0. The van der Waals surface area contributed by atoms with E-state index in [0.717, 1.165) is 5.56 Å². The summed E-state index contributed by atoms with van der Waals surface area (Å²) in [5.74, 6) is 0.753. The average molecular weight is 241 g/mol. The highest BCUT2D eigenvalue weighted by Crippen LogP contribution is 2.32. The van der Waals surface area contributed by atoms with Crippen molar-refractivity contribution in [2.24, 2.45) is 0 Å². The van der Waals surface area contributed by atoms with E-state index in [1.807, 2.05) is 6.07 Å². The second kappa shape index (κ2) is 5.15. The lowest BCUT2D eigenvalue weighted by Gasteiger charge is -2.10. The minimum absolute atomic E-state index is 0.293. The molecule has 0 bridgehead atoms.